The number of alkyl halides is 1. The number of hydrogen-bond acceptors (Lipinski definition) is 3. The Balaban J connectivity index is 2.16. The lowest BCUT2D eigenvalue weighted by Gasteiger charge is -2.07. The van der Waals surface area contributed by atoms with Gasteiger partial charge < -0.3 is 4.57 Å². The summed E-state index contributed by atoms with van der Waals surface area (Å²) in [5, 5.41) is 0. The Labute approximate surface area is 124 Å². The summed E-state index contributed by atoms with van der Waals surface area (Å²) in [5.41, 5.74) is 1.27. The Hall–Kier alpha value is -2.08. The highest BCUT2D eigenvalue weighted by molar-refractivity contribution is 6.17. The number of nitrogens with zero attached hydrogens (tertiary/aromatic N) is 4. The molecule has 0 unspecified atom stereocenters. The fourth-order valence-corrected chi connectivity index (χ4v) is 2.39. The summed E-state index contributed by atoms with van der Waals surface area (Å²) in [6.07, 6.45) is 3.50. The SMILES string of the molecule is Fc1cc(F)c2nc(CCCl)n(Cc3ccncn3)c2c1. The van der Waals surface area contributed by atoms with E-state index >= 15 is 0 Å². The van der Waals surface area contributed by atoms with Gasteiger partial charge in [-0.2, -0.15) is 0 Å². The Bertz CT molecular complexity index is 773. The van der Waals surface area contributed by atoms with Crippen LogP contribution in [0, 0.1) is 11.6 Å². The second-order valence-corrected chi connectivity index (χ2v) is 4.89. The van der Waals surface area contributed by atoms with Gasteiger partial charge in [-0.3, -0.25) is 0 Å². The van der Waals surface area contributed by atoms with Crippen LogP contribution in [0.5, 0.6) is 0 Å². The highest BCUT2D eigenvalue weighted by Crippen LogP contribution is 2.22. The molecule has 0 saturated heterocycles. The van der Waals surface area contributed by atoms with Crippen LogP contribution in [0.3, 0.4) is 0 Å². The van der Waals surface area contributed by atoms with Gasteiger partial charge in [0.15, 0.2) is 5.82 Å². The summed E-state index contributed by atoms with van der Waals surface area (Å²) >= 11 is 5.76. The number of benzene rings is 1. The first-order valence-electron chi connectivity index (χ1n) is 6.34. The molecule has 0 spiro atoms. The summed E-state index contributed by atoms with van der Waals surface area (Å²) in [6.45, 7) is 0.355. The maximum atomic E-state index is 13.8. The van der Waals surface area contributed by atoms with Crippen molar-refractivity contribution in [2.75, 3.05) is 5.88 Å². The molecule has 108 valence electrons. The molecule has 3 rings (SSSR count). The van der Waals surface area contributed by atoms with Crippen molar-refractivity contribution in [1.82, 2.24) is 19.5 Å². The number of halogens is 3. The number of rotatable bonds is 4. The van der Waals surface area contributed by atoms with E-state index in [1.54, 1.807) is 16.8 Å². The molecule has 0 aliphatic heterocycles. The van der Waals surface area contributed by atoms with Crippen molar-refractivity contribution in [3.05, 3.63) is 53.9 Å². The van der Waals surface area contributed by atoms with Crippen LogP contribution in [-0.4, -0.2) is 25.4 Å². The van der Waals surface area contributed by atoms with E-state index in [0.717, 1.165) is 11.8 Å². The van der Waals surface area contributed by atoms with E-state index in [1.165, 1.54) is 12.4 Å². The highest BCUT2D eigenvalue weighted by atomic mass is 35.5. The van der Waals surface area contributed by atoms with Crippen LogP contribution in [-0.2, 0) is 13.0 Å². The zero-order chi connectivity index (χ0) is 14.8. The van der Waals surface area contributed by atoms with Crippen molar-refractivity contribution >= 4 is 22.6 Å². The lowest BCUT2D eigenvalue weighted by atomic mass is 10.3. The molecule has 2 heterocycles. The van der Waals surface area contributed by atoms with Gasteiger partial charge in [0.05, 0.1) is 17.8 Å². The molecule has 0 aliphatic rings. The molecule has 0 amide bonds. The standard InChI is InChI=1S/C14H11ClF2N4/c15-3-1-13-20-14-11(17)5-9(16)6-12(14)21(13)7-10-2-4-18-8-19-10/h2,4-6,8H,1,3,7H2. The molecule has 3 aromatic rings. The van der Waals surface area contributed by atoms with Crippen LogP contribution in [0.4, 0.5) is 8.78 Å². The summed E-state index contributed by atoms with van der Waals surface area (Å²) in [4.78, 5) is 12.2. The smallest absolute Gasteiger partial charge is 0.153 e. The zero-order valence-electron chi connectivity index (χ0n) is 10.9. The van der Waals surface area contributed by atoms with Crippen LogP contribution < -0.4 is 0 Å². The topological polar surface area (TPSA) is 43.6 Å². The lowest BCUT2D eigenvalue weighted by Crippen LogP contribution is -2.07. The molecular formula is C14H11ClF2N4. The van der Waals surface area contributed by atoms with Crippen molar-refractivity contribution in [3.63, 3.8) is 0 Å². The van der Waals surface area contributed by atoms with E-state index in [0.29, 0.717) is 30.2 Å². The first kappa shape index (κ1) is 13.9. The molecule has 0 aliphatic carbocycles. The predicted molar refractivity (Wildman–Crippen MR) is 75.2 cm³/mol. The molecule has 0 bridgehead atoms. The molecule has 2 aromatic heterocycles. The summed E-state index contributed by atoms with van der Waals surface area (Å²) in [7, 11) is 0. The average molecular weight is 309 g/mol. The number of aromatic nitrogens is 4. The van der Waals surface area contributed by atoms with E-state index < -0.39 is 11.6 Å². The van der Waals surface area contributed by atoms with Crippen molar-refractivity contribution in [1.29, 1.82) is 0 Å². The van der Waals surface area contributed by atoms with Crippen LogP contribution in [0.15, 0.2) is 30.7 Å². The highest BCUT2D eigenvalue weighted by Gasteiger charge is 2.15. The molecule has 1 aromatic carbocycles. The van der Waals surface area contributed by atoms with Crippen LogP contribution in [0.25, 0.3) is 11.0 Å². The van der Waals surface area contributed by atoms with Gasteiger partial charge in [0.2, 0.25) is 0 Å². The van der Waals surface area contributed by atoms with Gasteiger partial charge in [-0.25, -0.2) is 23.7 Å². The third-order valence-corrected chi connectivity index (χ3v) is 3.32. The van der Waals surface area contributed by atoms with Crippen molar-refractivity contribution in [2.45, 2.75) is 13.0 Å². The van der Waals surface area contributed by atoms with Crippen molar-refractivity contribution < 1.29 is 8.78 Å². The van der Waals surface area contributed by atoms with Gasteiger partial charge in [0, 0.05) is 24.6 Å². The third-order valence-electron chi connectivity index (χ3n) is 3.13. The van der Waals surface area contributed by atoms with E-state index in [2.05, 4.69) is 15.0 Å². The third kappa shape index (κ3) is 2.71. The van der Waals surface area contributed by atoms with Gasteiger partial charge in [-0.05, 0) is 12.1 Å². The fraction of sp³-hybridized carbons (Fsp3) is 0.214. The number of imidazole rings is 1. The van der Waals surface area contributed by atoms with E-state index in [1.807, 2.05) is 0 Å². The first-order chi connectivity index (χ1) is 10.2. The van der Waals surface area contributed by atoms with Crippen molar-refractivity contribution in [2.24, 2.45) is 0 Å². The maximum absolute atomic E-state index is 13.8. The first-order valence-corrected chi connectivity index (χ1v) is 6.87. The minimum atomic E-state index is -0.678. The Morgan fingerprint density at radius 1 is 1.24 bits per heavy atom. The van der Waals surface area contributed by atoms with Crippen LogP contribution in [0.2, 0.25) is 0 Å². The minimum Gasteiger partial charge on any atom is -0.322 e. The second-order valence-electron chi connectivity index (χ2n) is 4.51. The molecule has 0 atom stereocenters. The molecule has 7 heteroatoms. The van der Waals surface area contributed by atoms with Gasteiger partial charge in [0.1, 0.15) is 23.5 Å². The fourth-order valence-electron chi connectivity index (χ4n) is 2.22. The monoisotopic (exact) mass is 308 g/mol. The predicted octanol–water partition coefficient (Wildman–Crippen LogP) is 2.93. The molecule has 0 N–H and O–H groups in total. The largest absolute Gasteiger partial charge is 0.322 e. The summed E-state index contributed by atoms with van der Waals surface area (Å²) < 4.78 is 29.1. The average Bonchev–Trinajstić information content (AvgIpc) is 2.79. The van der Waals surface area contributed by atoms with E-state index in [9.17, 15) is 8.78 Å². The second kappa shape index (κ2) is 5.73. The van der Waals surface area contributed by atoms with E-state index in [-0.39, 0.29) is 5.52 Å². The lowest BCUT2D eigenvalue weighted by molar-refractivity contribution is 0.590. The van der Waals surface area contributed by atoms with Gasteiger partial charge in [0.25, 0.3) is 0 Å². The Morgan fingerprint density at radius 2 is 2.10 bits per heavy atom. The maximum Gasteiger partial charge on any atom is 0.153 e. The number of aryl methyl sites for hydroxylation is 1. The molecule has 4 nitrogen and oxygen atoms in total. The summed E-state index contributed by atoms with van der Waals surface area (Å²) in [5.74, 6) is -0.372. The molecule has 0 fully saturated rings. The van der Waals surface area contributed by atoms with Crippen molar-refractivity contribution in [3.8, 4) is 0 Å². The normalized spacial score (nSPS) is 11.2. The molecule has 0 saturated carbocycles. The minimum absolute atomic E-state index is 0.144. The molecular weight excluding hydrogens is 298 g/mol. The Morgan fingerprint density at radius 3 is 2.81 bits per heavy atom. The van der Waals surface area contributed by atoms with Gasteiger partial charge in [-0.15, -0.1) is 11.6 Å². The number of hydrogen-bond donors (Lipinski definition) is 0. The Kier molecular flexibility index (Phi) is 3.79. The summed E-state index contributed by atoms with van der Waals surface area (Å²) in [6, 6.07) is 3.84. The van der Waals surface area contributed by atoms with E-state index in [4.69, 9.17) is 11.6 Å². The van der Waals surface area contributed by atoms with Crippen LogP contribution in [0.1, 0.15) is 11.5 Å². The quantitative estimate of drug-likeness (QED) is 0.696. The molecule has 0 radical (unpaired) electrons. The van der Waals surface area contributed by atoms with Crippen LogP contribution >= 0.6 is 11.6 Å². The van der Waals surface area contributed by atoms with Gasteiger partial charge in [-0.1, -0.05) is 0 Å². The van der Waals surface area contributed by atoms with Gasteiger partial charge >= 0.3 is 0 Å². The molecule has 21 heavy (non-hydrogen) atoms. The number of fused-ring (bicyclic) bond motifs is 1. The zero-order valence-corrected chi connectivity index (χ0v) is 11.7.